The average molecular weight is 260 g/mol. The van der Waals surface area contributed by atoms with Gasteiger partial charge in [0.05, 0.1) is 13.4 Å². The van der Waals surface area contributed by atoms with Gasteiger partial charge in [-0.3, -0.25) is 0 Å². The lowest BCUT2D eigenvalue weighted by Gasteiger charge is -2.34. The zero-order valence-corrected chi connectivity index (χ0v) is 11.4. The maximum atomic E-state index is 6.31. The maximum absolute atomic E-state index is 6.31. The molecule has 1 fully saturated rings. The van der Waals surface area contributed by atoms with Crippen LogP contribution in [0.2, 0.25) is 0 Å². The van der Waals surface area contributed by atoms with Crippen molar-refractivity contribution in [3.63, 3.8) is 0 Å². The lowest BCUT2D eigenvalue weighted by atomic mass is 9.86. The average Bonchev–Trinajstić information content (AvgIpc) is 2.81. The molecule has 1 aromatic heterocycles. The first-order valence-corrected chi connectivity index (χ1v) is 6.68. The summed E-state index contributed by atoms with van der Waals surface area (Å²) in [6, 6.07) is 6.08. The monoisotopic (exact) mass is 260 g/mol. The van der Waals surface area contributed by atoms with Crippen LogP contribution in [0.4, 0.5) is 0 Å². The van der Waals surface area contributed by atoms with E-state index in [1.165, 1.54) is 5.56 Å². The van der Waals surface area contributed by atoms with Gasteiger partial charge < -0.3 is 19.8 Å². The van der Waals surface area contributed by atoms with Crippen LogP contribution in [0, 0.1) is 0 Å². The lowest BCUT2D eigenvalue weighted by Crippen LogP contribution is -2.45. The number of nitrogens with two attached hydrogens (primary N) is 1. The SMILES string of the molecule is COc1ccc2occ(C3CCN(C)CC3N)c2c1. The molecule has 2 atom stereocenters. The van der Waals surface area contributed by atoms with Crippen LogP contribution in [-0.4, -0.2) is 38.2 Å². The normalized spacial score (nSPS) is 24.8. The first-order valence-electron chi connectivity index (χ1n) is 6.68. The molecule has 0 aliphatic carbocycles. The number of nitrogens with zero attached hydrogens (tertiary/aromatic N) is 1. The van der Waals surface area contributed by atoms with Crippen molar-refractivity contribution in [2.24, 2.45) is 5.73 Å². The van der Waals surface area contributed by atoms with Crippen molar-refractivity contribution in [2.45, 2.75) is 18.4 Å². The number of fused-ring (bicyclic) bond motifs is 1. The maximum Gasteiger partial charge on any atom is 0.134 e. The summed E-state index contributed by atoms with van der Waals surface area (Å²) in [6.07, 6.45) is 2.93. The highest BCUT2D eigenvalue weighted by molar-refractivity contribution is 5.83. The summed E-state index contributed by atoms with van der Waals surface area (Å²) in [4.78, 5) is 2.28. The van der Waals surface area contributed by atoms with E-state index in [9.17, 15) is 0 Å². The molecule has 0 radical (unpaired) electrons. The molecular formula is C15H20N2O2. The Kier molecular flexibility index (Phi) is 3.21. The van der Waals surface area contributed by atoms with E-state index in [0.29, 0.717) is 5.92 Å². The molecule has 0 spiro atoms. The number of rotatable bonds is 2. The van der Waals surface area contributed by atoms with Gasteiger partial charge in [-0.15, -0.1) is 0 Å². The zero-order valence-electron chi connectivity index (χ0n) is 11.4. The Morgan fingerprint density at radius 3 is 3.00 bits per heavy atom. The van der Waals surface area contributed by atoms with Crippen molar-refractivity contribution >= 4 is 11.0 Å². The second kappa shape index (κ2) is 4.87. The molecule has 0 saturated carbocycles. The van der Waals surface area contributed by atoms with Gasteiger partial charge in [-0.1, -0.05) is 0 Å². The molecule has 2 unspecified atom stereocenters. The fraction of sp³-hybridized carbons (Fsp3) is 0.467. The van der Waals surface area contributed by atoms with Gasteiger partial charge in [-0.2, -0.15) is 0 Å². The van der Waals surface area contributed by atoms with Crippen molar-refractivity contribution in [3.05, 3.63) is 30.0 Å². The van der Waals surface area contributed by atoms with Crippen molar-refractivity contribution in [1.82, 2.24) is 4.90 Å². The standard InChI is InChI=1S/C15H20N2O2/c1-17-6-5-11(14(16)8-17)13-9-19-15-4-3-10(18-2)7-12(13)15/h3-4,7,9,11,14H,5-6,8,16H2,1-2H3. The van der Waals surface area contributed by atoms with Gasteiger partial charge in [-0.25, -0.2) is 0 Å². The van der Waals surface area contributed by atoms with Crippen LogP contribution in [-0.2, 0) is 0 Å². The molecule has 1 saturated heterocycles. The molecule has 3 rings (SSSR count). The van der Waals surface area contributed by atoms with Crippen molar-refractivity contribution in [1.29, 1.82) is 0 Å². The highest BCUT2D eigenvalue weighted by atomic mass is 16.5. The molecule has 0 amide bonds. The summed E-state index contributed by atoms with van der Waals surface area (Å²) in [5.41, 5.74) is 8.43. The van der Waals surface area contributed by atoms with Crippen LogP contribution in [0.1, 0.15) is 17.9 Å². The Balaban J connectivity index is 2.00. The fourth-order valence-electron chi connectivity index (χ4n) is 2.98. The molecular weight excluding hydrogens is 240 g/mol. The third-order valence-electron chi connectivity index (χ3n) is 4.07. The Hall–Kier alpha value is -1.52. The zero-order chi connectivity index (χ0) is 13.4. The minimum absolute atomic E-state index is 0.158. The van der Waals surface area contributed by atoms with Gasteiger partial charge in [-0.05, 0) is 38.2 Å². The first kappa shape index (κ1) is 12.5. The van der Waals surface area contributed by atoms with Crippen LogP contribution in [0.3, 0.4) is 0 Å². The molecule has 102 valence electrons. The number of furan rings is 1. The van der Waals surface area contributed by atoms with E-state index in [0.717, 1.165) is 36.2 Å². The number of piperidine rings is 1. The van der Waals surface area contributed by atoms with Gasteiger partial charge in [0.25, 0.3) is 0 Å². The van der Waals surface area contributed by atoms with Gasteiger partial charge >= 0.3 is 0 Å². The number of likely N-dealkylation sites (tertiary alicyclic amines) is 1. The van der Waals surface area contributed by atoms with E-state index in [1.54, 1.807) is 7.11 Å². The molecule has 1 aliphatic rings. The largest absolute Gasteiger partial charge is 0.497 e. The fourth-order valence-corrected chi connectivity index (χ4v) is 2.98. The van der Waals surface area contributed by atoms with Gasteiger partial charge in [0.2, 0.25) is 0 Å². The summed E-state index contributed by atoms with van der Waals surface area (Å²) < 4.78 is 10.9. The number of ether oxygens (including phenoxy) is 1. The van der Waals surface area contributed by atoms with E-state index >= 15 is 0 Å². The summed E-state index contributed by atoms with van der Waals surface area (Å²) in [7, 11) is 3.80. The lowest BCUT2D eigenvalue weighted by molar-refractivity contribution is 0.228. The Labute approximate surface area is 113 Å². The minimum atomic E-state index is 0.158. The molecule has 1 aromatic carbocycles. The van der Waals surface area contributed by atoms with Crippen LogP contribution in [0.5, 0.6) is 5.75 Å². The highest BCUT2D eigenvalue weighted by Gasteiger charge is 2.28. The van der Waals surface area contributed by atoms with E-state index in [2.05, 4.69) is 11.9 Å². The van der Waals surface area contributed by atoms with E-state index in [1.807, 2.05) is 24.5 Å². The quantitative estimate of drug-likeness (QED) is 0.899. The van der Waals surface area contributed by atoms with Crippen LogP contribution in [0.25, 0.3) is 11.0 Å². The van der Waals surface area contributed by atoms with Gasteiger partial charge in [0.1, 0.15) is 11.3 Å². The second-order valence-corrected chi connectivity index (χ2v) is 5.37. The number of likely N-dealkylation sites (N-methyl/N-ethyl adjacent to an activating group) is 1. The van der Waals surface area contributed by atoms with Crippen molar-refractivity contribution in [3.8, 4) is 5.75 Å². The molecule has 19 heavy (non-hydrogen) atoms. The minimum Gasteiger partial charge on any atom is -0.497 e. The molecule has 1 aliphatic heterocycles. The molecule has 0 bridgehead atoms. The molecule has 2 N–H and O–H groups in total. The number of benzene rings is 1. The predicted molar refractivity (Wildman–Crippen MR) is 75.6 cm³/mol. The van der Waals surface area contributed by atoms with E-state index < -0.39 is 0 Å². The Morgan fingerprint density at radius 2 is 2.26 bits per heavy atom. The predicted octanol–water partition coefficient (Wildman–Crippen LogP) is 2.19. The van der Waals surface area contributed by atoms with Gasteiger partial charge in [0, 0.05) is 29.5 Å². The Morgan fingerprint density at radius 1 is 1.42 bits per heavy atom. The molecule has 2 aromatic rings. The number of hydrogen-bond donors (Lipinski definition) is 1. The first-order chi connectivity index (χ1) is 9.19. The smallest absolute Gasteiger partial charge is 0.134 e. The molecule has 4 heteroatoms. The second-order valence-electron chi connectivity index (χ2n) is 5.37. The third kappa shape index (κ3) is 2.22. The topological polar surface area (TPSA) is 51.6 Å². The van der Waals surface area contributed by atoms with Crippen molar-refractivity contribution in [2.75, 3.05) is 27.2 Å². The summed E-state index contributed by atoms with van der Waals surface area (Å²) in [5.74, 6) is 1.22. The van der Waals surface area contributed by atoms with Crippen molar-refractivity contribution < 1.29 is 9.15 Å². The van der Waals surface area contributed by atoms with Crippen LogP contribution < -0.4 is 10.5 Å². The van der Waals surface area contributed by atoms with Gasteiger partial charge in [0.15, 0.2) is 0 Å². The molecule has 4 nitrogen and oxygen atoms in total. The summed E-state index contributed by atoms with van der Waals surface area (Å²) in [5, 5.41) is 1.13. The summed E-state index contributed by atoms with van der Waals surface area (Å²) >= 11 is 0. The third-order valence-corrected chi connectivity index (χ3v) is 4.07. The van der Waals surface area contributed by atoms with E-state index in [-0.39, 0.29) is 6.04 Å². The molecule has 2 heterocycles. The highest BCUT2D eigenvalue weighted by Crippen LogP contribution is 2.35. The number of methoxy groups -OCH3 is 1. The van der Waals surface area contributed by atoms with Crippen LogP contribution >= 0.6 is 0 Å². The van der Waals surface area contributed by atoms with Crippen LogP contribution in [0.15, 0.2) is 28.9 Å². The Bertz CT molecular complexity index is 579. The van der Waals surface area contributed by atoms with E-state index in [4.69, 9.17) is 14.9 Å². The summed E-state index contributed by atoms with van der Waals surface area (Å²) in [6.45, 7) is 2.01. The number of hydrogen-bond acceptors (Lipinski definition) is 4.